The number of rotatable bonds is 7. The Kier molecular flexibility index (Phi) is 6.70. The van der Waals surface area contributed by atoms with Gasteiger partial charge in [0.25, 0.3) is 0 Å². The van der Waals surface area contributed by atoms with Gasteiger partial charge in [-0.2, -0.15) is 5.10 Å². The number of aromatic nitrogens is 2. The maximum Gasteiger partial charge on any atom is 0.220 e. The van der Waals surface area contributed by atoms with Crippen LogP contribution in [0.3, 0.4) is 0 Å². The predicted molar refractivity (Wildman–Crippen MR) is 95.7 cm³/mol. The Morgan fingerprint density at radius 2 is 2.12 bits per heavy atom. The molecule has 0 spiro atoms. The zero-order valence-electron chi connectivity index (χ0n) is 14.8. The minimum absolute atomic E-state index is 0.211. The lowest BCUT2D eigenvalue weighted by Crippen LogP contribution is -2.48. The zero-order valence-corrected chi connectivity index (χ0v) is 14.8. The van der Waals surface area contributed by atoms with Crippen molar-refractivity contribution >= 4 is 5.91 Å². The van der Waals surface area contributed by atoms with Crippen LogP contribution in [0.1, 0.15) is 63.4 Å². The molecule has 0 radical (unpaired) electrons. The summed E-state index contributed by atoms with van der Waals surface area (Å²) in [6.07, 6.45) is 15.6. The van der Waals surface area contributed by atoms with Crippen molar-refractivity contribution in [2.75, 3.05) is 19.6 Å². The minimum Gasteiger partial charge on any atom is -0.352 e. The highest BCUT2D eigenvalue weighted by atomic mass is 16.1. The van der Waals surface area contributed by atoms with Crippen LogP contribution in [0.4, 0.5) is 0 Å². The van der Waals surface area contributed by atoms with Gasteiger partial charge in [0.2, 0.25) is 5.91 Å². The van der Waals surface area contributed by atoms with E-state index in [4.69, 9.17) is 0 Å². The largest absolute Gasteiger partial charge is 0.352 e. The quantitative estimate of drug-likeness (QED) is 0.807. The molecule has 2 heterocycles. The topological polar surface area (TPSA) is 61.0 Å². The predicted octanol–water partition coefficient (Wildman–Crippen LogP) is 2.89. The Balaban J connectivity index is 1.34. The molecule has 1 saturated carbocycles. The van der Waals surface area contributed by atoms with Gasteiger partial charge in [-0.1, -0.05) is 19.3 Å². The van der Waals surface area contributed by atoms with Crippen LogP contribution >= 0.6 is 0 Å². The summed E-state index contributed by atoms with van der Waals surface area (Å²) in [6.45, 7) is 3.50. The first-order valence-corrected chi connectivity index (χ1v) is 9.79. The maximum atomic E-state index is 12.2. The van der Waals surface area contributed by atoms with Gasteiger partial charge in [-0.3, -0.25) is 9.89 Å². The Morgan fingerprint density at radius 3 is 2.92 bits per heavy atom. The number of nitrogens with zero attached hydrogens (tertiary/aromatic N) is 2. The number of aromatic amines is 1. The monoisotopic (exact) mass is 332 g/mol. The average Bonchev–Trinajstić information content (AvgIpc) is 3.09. The van der Waals surface area contributed by atoms with Crippen LogP contribution in [0.25, 0.3) is 0 Å². The van der Waals surface area contributed by atoms with E-state index < -0.39 is 0 Å². The van der Waals surface area contributed by atoms with Crippen LogP contribution in [0.2, 0.25) is 0 Å². The minimum atomic E-state index is 0.211. The molecule has 0 aromatic carbocycles. The third-order valence-electron chi connectivity index (χ3n) is 5.54. The van der Waals surface area contributed by atoms with Crippen molar-refractivity contribution in [1.29, 1.82) is 0 Å². The molecule has 24 heavy (non-hydrogen) atoms. The van der Waals surface area contributed by atoms with E-state index >= 15 is 0 Å². The molecule has 134 valence electrons. The smallest absolute Gasteiger partial charge is 0.220 e. The number of piperidine rings is 1. The van der Waals surface area contributed by atoms with Gasteiger partial charge < -0.3 is 10.2 Å². The third kappa shape index (κ3) is 5.62. The van der Waals surface area contributed by atoms with E-state index in [0.29, 0.717) is 12.5 Å². The number of carbonyl (C=O) groups is 1. The van der Waals surface area contributed by atoms with E-state index in [-0.39, 0.29) is 5.91 Å². The van der Waals surface area contributed by atoms with Gasteiger partial charge in [0.05, 0.1) is 6.20 Å². The van der Waals surface area contributed by atoms with E-state index in [1.165, 1.54) is 57.2 Å². The molecule has 1 amide bonds. The van der Waals surface area contributed by atoms with Crippen LogP contribution in [0, 0.1) is 5.92 Å². The standard InChI is InChI=1S/C19H32N4O/c24-19(10-4-8-17-12-20-21-13-17)22-18-9-5-11-23(15-18)14-16-6-2-1-3-7-16/h12-13,16,18H,1-11,14-15H2,(H,20,21)(H,22,24). The number of carbonyl (C=O) groups excluding carboxylic acids is 1. The van der Waals surface area contributed by atoms with Crippen LogP contribution in [0.5, 0.6) is 0 Å². The molecule has 1 saturated heterocycles. The molecule has 2 N–H and O–H groups in total. The second kappa shape index (κ2) is 9.21. The van der Waals surface area contributed by atoms with E-state index in [1.807, 2.05) is 12.4 Å². The van der Waals surface area contributed by atoms with Gasteiger partial charge >= 0.3 is 0 Å². The summed E-state index contributed by atoms with van der Waals surface area (Å²) >= 11 is 0. The molecule has 5 nitrogen and oxygen atoms in total. The fourth-order valence-corrected chi connectivity index (χ4v) is 4.24. The molecule has 1 aliphatic carbocycles. The summed E-state index contributed by atoms with van der Waals surface area (Å²) < 4.78 is 0. The summed E-state index contributed by atoms with van der Waals surface area (Å²) in [5.74, 6) is 1.10. The summed E-state index contributed by atoms with van der Waals surface area (Å²) in [6, 6.07) is 0.351. The van der Waals surface area contributed by atoms with Crippen molar-refractivity contribution in [3.05, 3.63) is 18.0 Å². The second-order valence-electron chi connectivity index (χ2n) is 7.63. The molecule has 0 bridgehead atoms. The number of hydrogen-bond donors (Lipinski definition) is 2. The number of nitrogens with one attached hydrogen (secondary N) is 2. The first-order chi connectivity index (χ1) is 11.8. The number of likely N-dealkylation sites (tertiary alicyclic amines) is 1. The van der Waals surface area contributed by atoms with E-state index in [9.17, 15) is 4.79 Å². The lowest BCUT2D eigenvalue weighted by molar-refractivity contribution is -0.122. The van der Waals surface area contributed by atoms with Crippen molar-refractivity contribution in [3.63, 3.8) is 0 Å². The van der Waals surface area contributed by atoms with Crippen LogP contribution in [-0.4, -0.2) is 46.7 Å². The molecule has 2 fully saturated rings. The van der Waals surface area contributed by atoms with E-state index in [2.05, 4.69) is 20.4 Å². The van der Waals surface area contributed by atoms with Crippen molar-refractivity contribution in [2.24, 2.45) is 5.92 Å². The Hall–Kier alpha value is -1.36. The van der Waals surface area contributed by atoms with E-state index in [0.717, 1.165) is 31.7 Å². The number of H-pyrrole nitrogens is 1. The van der Waals surface area contributed by atoms with Crippen LogP contribution in [0.15, 0.2) is 12.4 Å². The first-order valence-electron chi connectivity index (χ1n) is 9.79. The van der Waals surface area contributed by atoms with Gasteiger partial charge in [0.15, 0.2) is 0 Å². The zero-order chi connectivity index (χ0) is 16.6. The van der Waals surface area contributed by atoms with E-state index in [1.54, 1.807) is 0 Å². The SMILES string of the molecule is O=C(CCCc1cn[nH]c1)NC1CCCN(CC2CCCCC2)C1. The Bertz CT molecular complexity index is 482. The summed E-state index contributed by atoms with van der Waals surface area (Å²) in [5.41, 5.74) is 1.18. The molecular formula is C19H32N4O. The molecule has 1 atom stereocenters. The van der Waals surface area contributed by atoms with Crippen LogP contribution in [-0.2, 0) is 11.2 Å². The van der Waals surface area contributed by atoms with Gasteiger partial charge in [-0.15, -0.1) is 0 Å². The third-order valence-corrected chi connectivity index (χ3v) is 5.54. The maximum absolute atomic E-state index is 12.2. The summed E-state index contributed by atoms with van der Waals surface area (Å²) in [4.78, 5) is 14.8. The highest BCUT2D eigenvalue weighted by Gasteiger charge is 2.24. The van der Waals surface area contributed by atoms with Crippen molar-refractivity contribution in [1.82, 2.24) is 20.4 Å². The Labute approximate surface area is 145 Å². The Morgan fingerprint density at radius 1 is 1.25 bits per heavy atom. The van der Waals surface area contributed by atoms with Gasteiger partial charge in [-0.25, -0.2) is 0 Å². The second-order valence-corrected chi connectivity index (χ2v) is 7.63. The molecule has 1 aromatic heterocycles. The molecule has 1 aliphatic heterocycles. The molecule has 1 aromatic rings. The molecule has 5 heteroatoms. The lowest BCUT2D eigenvalue weighted by Gasteiger charge is -2.36. The summed E-state index contributed by atoms with van der Waals surface area (Å²) in [7, 11) is 0. The molecule has 3 rings (SSSR count). The highest BCUT2D eigenvalue weighted by molar-refractivity contribution is 5.76. The van der Waals surface area contributed by atoms with Gasteiger partial charge in [-0.05, 0) is 56.6 Å². The van der Waals surface area contributed by atoms with Crippen molar-refractivity contribution in [3.8, 4) is 0 Å². The number of aryl methyl sites for hydroxylation is 1. The fourth-order valence-electron chi connectivity index (χ4n) is 4.24. The normalized spacial score (nSPS) is 23.2. The summed E-state index contributed by atoms with van der Waals surface area (Å²) in [5, 5.41) is 10.0. The number of hydrogen-bond acceptors (Lipinski definition) is 3. The van der Waals surface area contributed by atoms with Crippen molar-refractivity contribution in [2.45, 2.75) is 70.3 Å². The molecular weight excluding hydrogens is 300 g/mol. The average molecular weight is 332 g/mol. The van der Waals surface area contributed by atoms with Crippen LogP contribution < -0.4 is 5.32 Å². The fraction of sp³-hybridized carbons (Fsp3) is 0.789. The lowest BCUT2D eigenvalue weighted by atomic mass is 9.88. The first kappa shape index (κ1) is 17.5. The number of amides is 1. The molecule has 1 unspecified atom stereocenters. The highest BCUT2D eigenvalue weighted by Crippen LogP contribution is 2.25. The van der Waals surface area contributed by atoms with Gasteiger partial charge in [0, 0.05) is 31.7 Å². The molecule has 2 aliphatic rings. The van der Waals surface area contributed by atoms with Gasteiger partial charge in [0.1, 0.15) is 0 Å². The van der Waals surface area contributed by atoms with Crippen molar-refractivity contribution < 1.29 is 4.79 Å².